The normalized spacial score (nSPS) is 18.4. The lowest BCUT2D eigenvalue weighted by Gasteiger charge is -2.25. The molecule has 0 aromatic carbocycles. The van der Waals surface area contributed by atoms with Gasteiger partial charge < -0.3 is 5.32 Å². The van der Waals surface area contributed by atoms with Crippen molar-refractivity contribution in [1.29, 1.82) is 0 Å². The first-order valence-corrected chi connectivity index (χ1v) is 8.92. The Kier molecular flexibility index (Phi) is 4.48. The van der Waals surface area contributed by atoms with Gasteiger partial charge in [-0.3, -0.25) is 0 Å². The molecule has 0 unspecified atom stereocenters. The van der Waals surface area contributed by atoms with Crippen molar-refractivity contribution in [1.82, 2.24) is 9.62 Å². The molecule has 2 rings (SSSR count). The summed E-state index contributed by atoms with van der Waals surface area (Å²) in [5.41, 5.74) is 0. The maximum absolute atomic E-state index is 12.4. The number of rotatable bonds is 4. The molecule has 96 valence electrons. The first-order valence-electron chi connectivity index (χ1n) is 5.45. The van der Waals surface area contributed by atoms with E-state index in [0.29, 0.717) is 24.5 Å². The SMILES string of the molecule is CNCc1sccc1S(=O)(=O)N1CCSCC1. The van der Waals surface area contributed by atoms with Crippen LogP contribution in [0.25, 0.3) is 0 Å². The van der Waals surface area contributed by atoms with Crippen LogP contribution in [-0.2, 0) is 16.6 Å². The van der Waals surface area contributed by atoms with Crippen LogP contribution in [0.4, 0.5) is 0 Å². The van der Waals surface area contributed by atoms with Gasteiger partial charge >= 0.3 is 0 Å². The third kappa shape index (κ3) is 2.85. The highest BCUT2D eigenvalue weighted by Crippen LogP contribution is 2.26. The third-order valence-corrected chi connectivity index (χ3v) is 6.61. The van der Waals surface area contributed by atoms with E-state index in [4.69, 9.17) is 0 Å². The molecule has 1 aliphatic rings. The Morgan fingerprint density at radius 2 is 2.12 bits per heavy atom. The van der Waals surface area contributed by atoms with Gasteiger partial charge in [-0.15, -0.1) is 11.3 Å². The maximum Gasteiger partial charge on any atom is 0.244 e. The Morgan fingerprint density at radius 3 is 2.76 bits per heavy atom. The summed E-state index contributed by atoms with van der Waals surface area (Å²) in [6.07, 6.45) is 0. The quantitative estimate of drug-likeness (QED) is 0.906. The van der Waals surface area contributed by atoms with Crippen LogP contribution >= 0.6 is 23.1 Å². The highest BCUT2D eigenvalue weighted by molar-refractivity contribution is 7.99. The van der Waals surface area contributed by atoms with E-state index in [-0.39, 0.29) is 0 Å². The molecule has 0 radical (unpaired) electrons. The van der Waals surface area contributed by atoms with Crippen LogP contribution in [0.5, 0.6) is 0 Å². The lowest BCUT2D eigenvalue weighted by Crippen LogP contribution is -2.38. The van der Waals surface area contributed by atoms with Gasteiger partial charge in [0.05, 0.1) is 4.90 Å². The van der Waals surface area contributed by atoms with Gasteiger partial charge in [0, 0.05) is 36.0 Å². The highest BCUT2D eigenvalue weighted by atomic mass is 32.2. The molecule has 0 aliphatic carbocycles. The second-order valence-corrected chi connectivity index (χ2v) is 7.89. The topological polar surface area (TPSA) is 49.4 Å². The van der Waals surface area contributed by atoms with Gasteiger partial charge in [-0.1, -0.05) is 0 Å². The van der Waals surface area contributed by atoms with Crippen molar-refractivity contribution in [3.63, 3.8) is 0 Å². The minimum absolute atomic E-state index is 0.476. The van der Waals surface area contributed by atoms with Crippen LogP contribution in [0.1, 0.15) is 4.88 Å². The second kappa shape index (κ2) is 5.71. The largest absolute Gasteiger partial charge is 0.315 e. The number of hydrogen-bond acceptors (Lipinski definition) is 5. The Balaban J connectivity index is 2.27. The van der Waals surface area contributed by atoms with Crippen molar-refractivity contribution < 1.29 is 8.42 Å². The molecule has 1 aromatic heterocycles. The molecule has 1 aliphatic heterocycles. The summed E-state index contributed by atoms with van der Waals surface area (Å²) in [5.74, 6) is 1.79. The molecule has 1 N–H and O–H groups in total. The second-order valence-electron chi connectivity index (χ2n) is 3.75. The third-order valence-electron chi connectivity index (χ3n) is 2.63. The lowest BCUT2D eigenvalue weighted by molar-refractivity contribution is 0.443. The molecule has 2 heterocycles. The Hall–Kier alpha value is -0.0800. The fourth-order valence-electron chi connectivity index (χ4n) is 1.77. The van der Waals surface area contributed by atoms with Crippen LogP contribution in [0, 0.1) is 0 Å². The van der Waals surface area contributed by atoms with Gasteiger partial charge in [-0.2, -0.15) is 16.1 Å². The molecule has 4 nitrogen and oxygen atoms in total. The predicted molar refractivity (Wildman–Crippen MR) is 73.2 cm³/mol. The molecule has 1 aromatic rings. The smallest absolute Gasteiger partial charge is 0.244 e. The number of sulfonamides is 1. The molecule has 0 amide bonds. The number of nitrogens with zero attached hydrogens (tertiary/aromatic N) is 1. The molecule has 1 fully saturated rings. The summed E-state index contributed by atoms with van der Waals surface area (Å²) in [7, 11) is -1.45. The fraction of sp³-hybridized carbons (Fsp3) is 0.600. The minimum Gasteiger partial charge on any atom is -0.315 e. The summed E-state index contributed by atoms with van der Waals surface area (Å²) in [6.45, 7) is 1.86. The lowest BCUT2D eigenvalue weighted by atomic mass is 10.5. The van der Waals surface area contributed by atoms with Gasteiger partial charge in [-0.25, -0.2) is 8.42 Å². The van der Waals surface area contributed by atoms with E-state index < -0.39 is 10.0 Å². The van der Waals surface area contributed by atoms with Gasteiger partial charge in [0.1, 0.15) is 0 Å². The summed E-state index contributed by atoms with van der Waals surface area (Å²) in [4.78, 5) is 1.37. The first-order chi connectivity index (χ1) is 8.16. The monoisotopic (exact) mass is 292 g/mol. The van der Waals surface area contributed by atoms with Gasteiger partial charge in [0.15, 0.2) is 0 Å². The molecule has 0 saturated carbocycles. The van der Waals surface area contributed by atoms with Crippen molar-refractivity contribution in [3.05, 3.63) is 16.3 Å². The summed E-state index contributed by atoms with van der Waals surface area (Å²) >= 11 is 3.30. The van der Waals surface area contributed by atoms with E-state index in [2.05, 4.69) is 5.32 Å². The van der Waals surface area contributed by atoms with E-state index in [9.17, 15) is 8.42 Å². The van der Waals surface area contributed by atoms with E-state index >= 15 is 0 Å². The molecule has 0 bridgehead atoms. The Labute approximate surface area is 110 Å². The van der Waals surface area contributed by atoms with Gasteiger partial charge in [-0.05, 0) is 18.5 Å². The summed E-state index contributed by atoms with van der Waals surface area (Å²) in [5, 5.41) is 4.85. The van der Waals surface area contributed by atoms with E-state index in [1.54, 1.807) is 10.4 Å². The van der Waals surface area contributed by atoms with Crippen molar-refractivity contribution in [2.45, 2.75) is 11.4 Å². The zero-order chi connectivity index (χ0) is 12.3. The zero-order valence-corrected chi connectivity index (χ0v) is 12.1. The van der Waals surface area contributed by atoms with Crippen LogP contribution in [0.2, 0.25) is 0 Å². The summed E-state index contributed by atoms with van der Waals surface area (Å²) < 4.78 is 26.5. The van der Waals surface area contributed by atoms with Crippen molar-refractivity contribution in [3.8, 4) is 0 Å². The molecule has 7 heteroatoms. The molecule has 17 heavy (non-hydrogen) atoms. The molecule has 0 atom stereocenters. The standard InChI is InChI=1S/C10H16N2O2S3/c1-11-8-9-10(2-5-16-9)17(13,14)12-3-6-15-7-4-12/h2,5,11H,3-4,6-8H2,1H3. The zero-order valence-electron chi connectivity index (χ0n) is 9.68. The molecule has 0 spiro atoms. The first kappa shape index (κ1) is 13.4. The molecule has 1 saturated heterocycles. The summed E-state index contributed by atoms with van der Waals surface area (Å²) in [6, 6.07) is 1.72. The minimum atomic E-state index is -3.28. The van der Waals surface area contributed by atoms with Crippen LogP contribution in [-0.4, -0.2) is 44.4 Å². The van der Waals surface area contributed by atoms with Crippen LogP contribution in [0.3, 0.4) is 0 Å². The van der Waals surface area contributed by atoms with Crippen molar-refractivity contribution in [2.24, 2.45) is 0 Å². The average Bonchev–Trinajstić information content (AvgIpc) is 2.80. The maximum atomic E-state index is 12.4. The number of thioether (sulfide) groups is 1. The molecular formula is C10H16N2O2S3. The predicted octanol–water partition coefficient (Wildman–Crippen LogP) is 1.21. The number of hydrogen-bond donors (Lipinski definition) is 1. The number of thiophene rings is 1. The van der Waals surface area contributed by atoms with Gasteiger partial charge in [0.25, 0.3) is 0 Å². The number of nitrogens with one attached hydrogen (secondary N) is 1. The van der Waals surface area contributed by atoms with Crippen LogP contribution < -0.4 is 5.32 Å². The van der Waals surface area contributed by atoms with Crippen molar-refractivity contribution >= 4 is 33.1 Å². The van der Waals surface area contributed by atoms with E-state index in [1.165, 1.54) is 11.3 Å². The van der Waals surface area contributed by atoms with Gasteiger partial charge in [0.2, 0.25) is 10.0 Å². The fourth-order valence-corrected chi connectivity index (χ4v) is 5.78. The van der Waals surface area contributed by atoms with E-state index in [1.807, 2.05) is 24.2 Å². The molecular weight excluding hydrogens is 276 g/mol. The Morgan fingerprint density at radius 1 is 1.41 bits per heavy atom. The highest BCUT2D eigenvalue weighted by Gasteiger charge is 2.28. The van der Waals surface area contributed by atoms with E-state index in [0.717, 1.165) is 16.4 Å². The average molecular weight is 292 g/mol. The van der Waals surface area contributed by atoms with Crippen LogP contribution in [0.15, 0.2) is 16.3 Å². The Bertz CT molecular complexity index is 464. The van der Waals surface area contributed by atoms with Crippen molar-refractivity contribution in [2.75, 3.05) is 31.6 Å².